The van der Waals surface area contributed by atoms with Gasteiger partial charge in [-0.2, -0.15) is 0 Å². The highest BCUT2D eigenvalue weighted by molar-refractivity contribution is 7.99. The number of tetrazole rings is 1. The normalized spacial score (nSPS) is 18.8. The maximum Gasteiger partial charge on any atom is 0.275 e. The predicted molar refractivity (Wildman–Crippen MR) is 152 cm³/mol. The predicted octanol–water partition coefficient (Wildman–Crippen LogP) is 4.24. The van der Waals surface area contributed by atoms with Crippen LogP contribution >= 0.6 is 11.8 Å². The van der Waals surface area contributed by atoms with Crippen molar-refractivity contribution in [2.24, 2.45) is 7.05 Å². The summed E-state index contributed by atoms with van der Waals surface area (Å²) in [6.07, 6.45) is 1.15. The number of thioether (sulfide) groups is 1. The molecular formula is C29H27N7O4S. The molecule has 3 atom stereocenters. The van der Waals surface area contributed by atoms with Crippen LogP contribution in [0.1, 0.15) is 46.0 Å². The van der Waals surface area contributed by atoms with E-state index in [0.717, 1.165) is 22.2 Å². The first kappa shape index (κ1) is 27.0. The number of nitrogens with zero attached hydrogens (tertiary/aromatic N) is 6. The first-order valence-electron chi connectivity index (χ1n) is 13.0. The maximum atomic E-state index is 12.8. The van der Waals surface area contributed by atoms with Crippen molar-refractivity contribution in [1.82, 2.24) is 30.2 Å². The van der Waals surface area contributed by atoms with Crippen LogP contribution in [0.3, 0.4) is 0 Å². The number of benzene rings is 3. The lowest BCUT2D eigenvalue weighted by molar-refractivity contribution is -0.245. The largest absolute Gasteiger partial charge is 0.392 e. The van der Waals surface area contributed by atoms with Gasteiger partial charge in [0.2, 0.25) is 5.16 Å². The number of rotatable bonds is 8. The highest BCUT2D eigenvalue weighted by Crippen LogP contribution is 2.39. The smallest absolute Gasteiger partial charge is 0.275 e. The summed E-state index contributed by atoms with van der Waals surface area (Å²) in [5.41, 5.74) is 4.90. The fraction of sp³-hybridized carbons (Fsp3) is 0.241. The Balaban J connectivity index is 1.17. The summed E-state index contributed by atoms with van der Waals surface area (Å²) >= 11 is 1.52. The Morgan fingerprint density at radius 1 is 1.02 bits per heavy atom. The molecule has 0 unspecified atom stereocenters. The van der Waals surface area contributed by atoms with Crippen molar-refractivity contribution >= 4 is 34.4 Å². The first-order chi connectivity index (χ1) is 20.1. The van der Waals surface area contributed by atoms with Gasteiger partial charge in [-0.1, -0.05) is 60.3 Å². The third kappa shape index (κ3) is 6.25. The fourth-order valence-electron chi connectivity index (χ4n) is 4.52. The zero-order chi connectivity index (χ0) is 28.2. The second-order valence-corrected chi connectivity index (χ2v) is 10.6. The van der Waals surface area contributed by atoms with Gasteiger partial charge in [0.1, 0.15) is 5.69 Å². The second-order valence-electron chi connectivity index (χ2n) is 9.57. The highest BCUT2D eigenvalue weighted by atomic mass is 32.2. The molecule has 2 aromatic heterocycles. The molecule has 1 fully saturated rings. The van der Waals surface area contributed by atoms with E-state index in [4.69, 9.17) is 9.47 Å². The molecule has 3 heterocycles. The lowest BCUT2D eigenvalue weighted by Gasteiger charge is -2.36. The van der Waals surface area contributed by atoms with Gasteiger partial charge in [-0.25, -0.2) is 9.67 Å². The maximum absolute atomic E-state index is 12.8. The molecule has 0 aliphatic carbocycles. The molecule has 0 saturated carbocycles. The molecule has 0 bridgehead atoms. The lowest BCUT2D eigenvalue weighted by Crippen LogP contribution is -2.31. The van der Waals surface area contributed by atoms with Crippen LogP contribution in [0.5, 0.6) is 0 Å². The highest BCUT2D eigenvalue weighted by Gasteiger charge is 2.32. The molecule has 1 saturated heterocycles. The van der Waals surface area contributed by atoms with Crippen LogP contribution in [0.4, 0.5) is 5.69 Å². The SMILES string of the molecule is Cn1nnnc1SC[C@H]1C[C@@H](c2ccc(CO)cc2)O[C@@H](c2ccc(NC(=O)c3cnc4ccccc4n3)cc2)O1. The summed E-state index contributed by atoms with van der Waals surface area (Å²) in [5.74, 6) is 0.295. The van der Waals surface area contributed by atoms with Crippen LogP contribution in [0.15, 0.2) is 84.1 Å². The number of aliphatic hydroxyl groups excluding tert-OH is 1. The molecule has 12 heteroatoms. The van der Waals surface area contributed by atoms with E-state index in [-0.39, 0.29) is 30.4 Å². The van der Waals surface area contributed by atoms with E-state index in [1.54, 1.807) is 11.7 Å². The Labute approximate surface area is 239 Å². The molecule has 5 aromatic rings. The average Bonchev–Trinajstić information content (AvgIpc) is 3.44. The van der Waals surface area contributed by atoms with Crippen LogP contribution in [-0.4, -0.2) is 53.0 Å². The standard InChI is InChI=1S/C29H27N7O4S/c1-36-29(33-34-35-36)41-17-22-14-26(19-8-6-18(16-37)7-9-19)40-28(39-22)20-10-12-21(13-11-20)31-27(38)25-15-30-23-4-2-3-5-24(23)32-25/h2-13,15,22,26,28,37H,14,16-17H2,1H3,(H,31,38)/t22-,26+,28+/m1/s1. The van der Waals surface area contributed by atoms with E-state index < -0.39 is 6.29 Å². The molecule has 1 aliphatic heterocycles. The van der Waals surface area contributed by atoms with Gasteiger partial charge in [0.05, 0.1) is 36.0 Å². The van der Waals surface area contributed by atoms with Crippen LogP contribution in [0.25, 0.3) is 11.0 Å². The van der Waals surface area contributed by atoms with E-state index >= 15 is 0 Å². The number of anilines is 1. The number of nitrogens with one attached hydrogen (secondary N) is 1. The number of ether oxygens (including phenoxy) is 2. The summed E-state index contributed by atoms with van der Waals surface area (Å²) in [6.45, 7) is -0.0150. The van der Waals surface area contributed by atoms with Gasteiger partial charge in [0, 0.05) is 30.5 Å². The van der Waals surface area contributed by atoms with E-state index in [1.807, 2.05) is 72.8 Å². The quantitative estimate of drug-likeness (QED) is 0.261. The van der Waals surface area contributed by atoms with Crippen LogP contribution in [0.2, 0.25) is 0 Å². The minimum absolute atomic E-state index is 0.0150. The third-order valence-electron chi connectivity index (χ3n) is 6.72. The Morgan fingerprint density at radius 2 is 1.78 bits per heavy atom. The van der Waals surface area contributed by atoms with E-state index in [2.05, 4.69) is 30.8 Å². The number of carbonyl (C=O) groups excluding carboxylic acids is 1. The van der Waals surface area contributed by atoms with Gasteiger partial charge < -0.3 is 19.9 Å². The third-order valence-corrected chi connectivity index (χ3v) is 7.86. The number of aromatic nitrogens is 6. The van der Waals surface area contributed by atoms with Crippen molar-refractivity contribution in [2.45, 2.75) is 36.7 Å². The average molecular weight is 570 g/mol. The molecular weight excluding hydrogens is 542 g/mol. The van der Waals surface area contributed by atoms with E-state index in [1.165, 1.54) is 18.0 Å². The van der Waals surface area contributed by atoms with Gasteiger partial charge in [0.25, 0.3) is 5.91 Å². The molecule has 41 heavy (non-hydrogen) atoms. The van der Waals surface area contributed by atoms with Crippen molar-refractivity contribution in [3.05, 3.63) is 101 Å². The molecule has 1 aliphatic rings. The minimum Gasteiger partial charge on any atom is -0.392 e. The van der Waals surface area contributed by atoms with Crippen LogP contribution < -0.4 is 5.32 Å². The summed E-state index contributed by atoms with van der Waals surface area (Å²) in [5, 5.41) is 24.7. The van der Waals surface area contributed by atoms with E-state index in [0.29, 0.717) is 28.5 Å². The number of fused-ring (bicyclic) bond motifs is 1. The van der Waals surface area contributed by atoms with Gasteiger partial charge in [-0.3, -0.25) is 9.78 Å². The molecule has 0 radical (unpaired) electrons. The summed E-state index contributed by atoms with van der Waals surface area (Å²) in [6, 6.07) is 22.5. The number of carbonyl (C=O) groups is 1. The number of aryl methyl sites for hydroxylation is 1. The number of hydrogen-bond donors (Lipinski definition) is 2. The Hall–Kier alpha value is -4.23. The minimum atomic E-state index is -0.620. The zero-order valence-corrected chi connectivity index (χ0v) is 22.9. The monoisotopic (exact) mass is 569 g/mol. The molecule has 3 aromatic carbocycles. The second kappa shape index (κ2) is 12.1. The summed E-state index contributed by atoms with van der Waals surface area (Å²) in [7, 11) is 1.80. The van der Waals surface area contributed by atoms with Gasteiger partial charge in [0.15, 0.2) is 6.29 Å². The molecule has 11 nitrogen and oxygen atoms in total. The number of aliphatic hydroxyl groups is 1. The summed E-state index contributed by atoms with van der Waals surface area (Å²) < 4.78 is 14.4. The van der Waals surface area contributed by atoms with E-state index in [9.17, 15) is 9.90 Å². The summed E-state index contributed by atoms with van der Waals surface area (Å²) in [4.78, 5) is 21.6. The lowest BCUT2D eigenvalue weighted by atomic mass is 10.0. The number of hydrogen-bond acceptors (Lipinski definition) is 10. The fourth-order valence-corrected chi connectivity index (χ4v) is 5.39. The Kier molecular flexibility index (Phi) is 7.96. The van der Waals surface area contributed by atoms with Crippen molar-refractivity contribution in [2.75, 3.05) is 11.1 Å². The molecule has 2 N–H and O–H groups in total. The topological polar surface area (TPSA) is 137 Å². The zero-order valence-electron chi connectivity index (χ0n) is 22.1. The number of amides is 1. The molecule has 6 rings (SSSR count). The van der Waals surface area contributed by atoms with Crippen LogP contribution in [0, 0.1) is 0 Å². The molecule has 1 amide bonds. The van der Waals surface area contributed by atoms with Crippen LogP contribution in [-0.2, 0) is 23.1 Å². The van der Waals surface area contributed by atoms with Crippen molar-refractivity contribution in [3.63, 3.8) is 0 Å². The first-order valence-corrected chi connectivity index (χ1v) is 14.0. The van der Waals surface area contributed by atoms with Gasteiger partial charge in [-0.05, 0) is 45.8 Å². The van der Waals surface area contributed by atoms with Gasteiger partial charge >= 0.3 is 0 Å². The van der Waals surface area contributed by atoms with Crippen molar-refractivity contribution in [3.8, 4) is 0 Å². The Bertz CT molecular complexity index is 1650. The molecule has 208 valence electrons. The van der Waals surface area contributed by atoms with Gasteiger partial charge in [-0.15, -0.1) is 5.10 Å². The van der Waals surface area contributed by atoms with Crippen molar-refractivity contribution in [1.29, 1.82) is 0 Å². The Morgan fingerprint density at radius 3 is 2.51 bits per heavy atom. The molecule has 0 spiro atoms. The van der Waals surface area contributed by atoms with Crippen molar-refractivity contribution < 1.29 is 19.4 Å². The number of para-hydroxylation sites is 2.